The number of aromatic amines is 1. The van der Waals surface area contributed by atoms with E-state index in [1.807, 2.05) is 0 Å². The lowest BCUT2D eigenvalue weighted by atomic mass is 9.89. The molecule has 1 saturated carbocycles. The van der Waals surface area contributed by atoms with Gasteiger partial charge in [-0.05, 0) is 37.4 Å². The zero-order valence-electron chi connectivity index (χ0n) is 10.8. The Morgan fingerprint density at radius 3 is 3.00 bits per heavy atom. The van der Waals surface area contributed by atoms with Crippen LogP contribution in [0.1, 0.15) is 18.4 Å². The van der Waals surface area contributed by atoms with Gasteiger partial charge in [0.15, 0.2) is 0 Å². The van der Waals surface area contributed by atoms with Crippen molar-refractivity contribution in [3.8, 4) is 0 Å². The molecule has 0 amide bonds. The quantitative estimate of drug-likeness (QED) is 0.848. The molecule has 96 valence electrons. The number of hydrogen-bond acceptors (Lipinski definition) is 2. The maximum absolute atomic E-state index is 5.28. The van der Waals surface area contributed by atoms with Crippen molar-refractivity contribution in [2.75, 3.05) is 13.7 Å². The average molecular weight is 244 g/mol. The topological polar surface area (TPSA) is 37.0 Å². The smallest absolute Gasteiger partial charge is 0.0601 e. The Morgan fingerprint density at radius 2 is 2.17 bits per heavy atom. The number of H-pyrrole nitrogens is 1. The van der Waals surface area contributed by atoms with Crippen LogP contribution < -0.4 is 5.32 Å². The van der Waals surface area contributed by atoms with Crippen molar-refractivity contribution >= 4 is 10.9 Å². The van der Waals surface area contributed by atoms with Gasteiger partial charge in [0.2, 0.25) is 0 Å². The number of rotatable bonds is 5. The van der Waals surface area contributed by atoms with Gasteiger partial charge in [-0.15, -0.1) is 0 Å². The van der Waals surface area contributed by atoms with Crippen LogP contribution in [0, 0.1) is 0 Å². The molecule has 0 bridgehead atoms. The minimum atomic E-state index is 0.482. The molecule has 1 aromatic carbocycles. The highest BCUT2D eigenvalue weighted by atomic mass is 16.5. The summed E-state index contributed by atoms with van der Waals surface area (Å²) in [6.07, 6.45) is 6.01. The fraction of sp³-hybridized carbons (Fsp3) is 0.467. The Labute approximate surface area is 108 Å². The SMILES string of the molecule is COC1CC(NCCc2c[nH]c3ccccc23)C1. The van der Waals surface area contributed by atoms with E-state index in [2.05, 4.69) is 40.8 Å². The number of nitrogens with one attached hydrogen (secondary N) is 2. The van der Waals surface area contributed by atoms with Crippen LogP contribution in [0.5, 0.6) is 0 Å². The number of aromatic nitrogens is 1. The summed E-state index contributed by atoms with van der Waals surface area (Å²) in [7, 11) is 1.80. The molecule has 0 saturated heterocycles. The Balaban J connectivity index is 1.51. The minimum absolute atomic E-state index is 0.482. The molecule has 0 atom stereocenters. The second-order valence-corrected chi connectivity index (χ2v) is 5.09. The van der Waals surface area contributed by atoms with E-state index in [4.69, 9.17) is 4.74 Å². The summed E-state index contributed by atoms with van der Waals surface area (Å²) in [6, 6.07) is 9.13. The van der Waals surface area contributed by atoms with E-state index in [1.54, 1.807) is 7.11 Å². The van der Waals surface area contributed by atoms with Gasteiger partial charge < -0.3 is 15.0 Å². The summed E-state index contributed by atoms with van der Waals surface area (Å²) in [4.78, 5) is 3.32. The fourth-order valence-corrected chi connectivity index (χ4v) is 2.67. The van der Waals surface area contributed by atoms with Crippen molar-refractivity contribution in [2.24, 2.45) is 0 Å². The monoisotopic (exact) mass is 244 g/mol. The van der Waals surface area contributed by atoms with E-state index >= 15 is 0 Å². The maximum Gasteiger partial charge on any atom is 0.0601 e. The highest BCUT2D eigenvalue weighted by Crippen LogP contribution is 2.23. The molecule has 3 nitrogen and oxygen atoms in total. The summed E-state index contributed by atoms with van der Waals surface area (Å²) in [6.45, 7) is 1.04. The van der Waals surface area contributed by atoms with Gasteiger partial charge in [0.25, 0.3) is 0 Å². The van der Waals surface area contributed by atoms with E-state index in [0.717, 1.165) is 25.8 Å². The third kappa shape index (κ3) is 2.28. The number of fused-ring (bicyclic) bond motifs is 1. The molecule has 0 unspecified atom stereocenters. The van der Waals surface area contributed by atoms with Gasteiger partial charge in [0.1, 0.15) is 0 Å². The van der Waals surface area contributed by atoms with Crippen LogP contribution in [-0.2, 0) is 11.2 Å². The van der Waals surface area contributed by atoms with Gasteiger partial charge in [-0.2, -0.15) is 0 Å². The van der Waals surface area contributed by atoms with Crippen molar-refractivity contribution < 1.29 is 4.74 Å². The number of hydrogen-bond donors (Lipinski definition) is 2. The second kappa shape index (κ2) is 5.12. The van der Waals surface area contributed by atoms with Gasteiger partial charge in [-0.3, -0.25) is 0 Å². The second-order valence-electron chi connectivity index (χ2n) is 5.09. The van der Waals surface area contributed by atoms with Gasteiger partial charge in [-0.25, -0.2) is 0 Å². The molecule has 1 aromatic heterocycles. The first-order chi connectivity index (χ1) is 8.86. The minimum Gasteiger partial charge on any atom is -0.381 e. The molecule has 2 N–H and O–H groups in total. The van der Waals surface area contributed by atoms with Crippen molar-refractivity contribution in [3.63, 3.8) is 0 Å². The van der Waals surface area contributed by atoms with E-state index in [-0.39, 0.29) is 0 Å². The van der Waals surface area contributed by atoms with E-state index < -0.39 is 0 Å². The van der Waals surface area contributed by atoms with Crippen LogP contribution in [0.3, 0.4) is 0 Å². The van der Waals surface area contributed by atoms with Crippen LogP contribution >= 0.6 is 0 Å². The maximum atomic E-state index is 5.28. The largest absolute Gasteiger partial charge is 0.381 e. The van der Waals surface area contributed by atoms with Crippen molar-refractivity contribution in [1.82, 2.24) is 10.3 Å². The van der Waals surface area contributed by atoms with Gasteiger partial charge in [-0.1, -0.05) is 18.2 Å². The highest BCUT2D eigenvalue weighted by Gasteiger charge is 2.27. The van der Waals surface area contributed by atoms with Crippen molar-refractivity contribution in [1.29, 1.82) is 0 Å². The molecule has 0 spiro atoms. The van der Waals surface area contributed by atoms with E-state index in [1.165, 1.54) is 16.5 Å². The lowest BCUT2D eigenvalue weighted by Gasteiger charge is -2.34. The van der Waals surface area contributed by atoms with Crippen LogP contribution in [0.25, 0.3) is 10.9 Å². The summed E-state index contributed by atoms with van der Waals surface area (Å²) >= 11 is 0. The third-order valence-electron chi connectivity index (χ3n) is 3.93. The van der Waals surface area contributed by atoms with Gasteiger partial charge in [0, 0.05) is 30.3 Å². The number of para-hydroxylation sites is 1. The molecule has 2 aromatic rings. The summed E-state index contributed by atoms with van der Waals surface area (Å²) < 4.78 is 5.28. The lowest BCUT2D eigenvalue weighted by molar-refractivity contribution is 0.0177. The third-order valence-corrected chi connectivity index (χ3v) is 3.93. The van der Waals surface area contributed by atoms with Crippen LogP contribution in [0.15, 0.2) is 30.5 Å². The Bertz CT molecular complexity index is 514. The molecule has 0 aliphatic heterocycles. The molecule has 0 radical (unpaired) electrons. The van der Waals surface area contributed by atoms with E-state index in [0.29, 0.717) is 12.1 Å². The van der Waals surface area contributed by atoms with Crippen molar-refractivity contribution in [3.05, 3.63) is 36.0 Å². The molecule has 3 heteroatoms. The van der Waals surface area contributed by atoms with Crippen molar-refractivity contribution in [2.45, 2.75) is 31.4 Å². The molecule has 1 aliphatic carbocycles. The Morgan fingerprint density at radius 1 is 1.33 bits per heavy atom. The van der Waals surface area contributed by atoms with Gasteiger partial charge >= 0.3 is 0 Å². The predicted molar refractivity (Wildman–Crippen MR) is 73.8 cm³/mol. The van der Waals surface area contributed by atoms with E-state index in [9.17, 15) is 0 Å². The lowest BCUT2D eigenvalue weighted by Crippen LogP contribution is -2.45. The summed E-state index contributed by atoms with van der Waals surface area (Å²) in [5, 5.41) is 4.94. The number of ether oxygens (including phenoxy) is 1. The Hall–Kier alpha value is -1.32. The summed E-state index contributed by atoms with van der Waals surface area (Å²) in [5.74, 6) is 0. The van der Waals surface area contributed by atoms with Crippen LogP contribution in [0.2, 0.25) is 0 Å². The molecular weight excluding hydrogens is 224 g/mol. The first kappa shape index (κ1) is 11.8. The Kier molecular flexibility index (Phi) is 3.35. The summed E-state index contributed by atoms with van der Waals surface area (Å²) in [5.41, 5.74) is 2.64. The molecule has 1 fully saturated rings. The van der Waals surface area contributed by atoms with Crippen LogP contribution in [0.4, 0.5) is 0 Å². The zero-order valence-corrected chi connectivity index (χ0v) is 10.8. The molecule has 3 rings (SSSR count). The molecular formula is C15H20N2O. The van der Waals surface area contributed by atoms with Gasteiger partial charge in [0.05, 0.1) is 6.10 Å². The fourth-order valence-electron chi connectivity index (χ4n) is 2.67. The van der Waals surface area contributed by atoms with Crippen LogP contribution in [-0.4, -0.2) is 30.8 Å². The first-order valence-corrected chi connectivity index (χ1v) is 6.68. The predicted octanol–water partition coefficient (Wildman–Crippen LogP) is 2.48. The molecule has 1 aliphatic rings. The normalized spacial score (nSPS) is 23.2. The average Bonchev–Trinajstić information content (AvgIpc) is 2.76. The number of benzene rings is 1. The molecule has 18 heavy (non-hydrogen) atoms. The zero-order chi connectivity index (χ0) is 12.4. The number of methoxy groups -OCH3 is 1. The first-order valence-electron chi connectivity index (χ1n) is 6.68. The highest BCUT2D eigenvalue weighted by molar-refractivity contribution is 5.83. The standard InChI is InChI=1S/C15H20N2O/c1-18-13-8-12(9-13)16-7-6-11-10-17-15-5-3-2-4-14(11)15/h2-5,10,12-13,16-17H,6-9H2,1H3. The molecule has 1 heterocycles.